The number of hydrogen-bond acceptors (Lipinski definition) is 10. The van der Waals surface area contributed by atoms with Gasteiger partial charge in [-0.05, 0) is 58.4 Å². The third kappa shape index (κ3) is 8.34. The molecule has 3 aromatic carbocycles. The van der Waals surface area contributed by atoms with Crippen molar-refractivity contribution in [2.24, 2.45) is 11.8 Å². The summed E-state index contributed by atoms with van der Waals surface area (Å²) in [6.07, 6.45) is -1.31. The third-order valence-electron chi connectivity index (χ3n) is 10.8. The molecule has 5 aromatic rings. The lowest BCUT2D eigenvalue weighted by Gasteiger charge is -2.37. The number of amides is 4. The number of benzene rings is 3. The van der Waals surface area contributed by atoms with Crippen LogP contribution in [0.25, 0.3) is 44.3 Å². The highest BCUT2D eigenvalue weighted by Crippen LogP contribution is 2.32. The fourth-order valence-electron chi connectivity index (χ4n) is 7.53. The SMILES string of the molecule is COC(=O)N[C@H](C(=O)N1CCOC[C@H]1c1nc2ccc(-c3ccc(-c4ccc5nc([C@@H]6COCCN6C(=O)[C@@H](NC(=O)OC)C(C)C)[nH]c5c4)cc3)cc2[nH]1)C(C)C. The number of aromatic amines is 2. The third-order valence-corrected chi connectivity index (χ3v) is 10.8. The molecule has 0 aliphatic carbocycles. The number of alkyl carbamates (subject to hydrolysis) is 2. The van der Waals surface area contributed by atoms with Crippen LogP contribution >= 0.6 is 0 Å². The maximum Gasteiger partial charge on any atom is 0.407 e. The number of rotatable bonds is 10. The van der Waals surface area contributed by atoms with Gasteiger partial charge < -0.3 is 49.3 Å². The van der Waals surface area contributed by atoms with Gasteiger partial charge in [0.2, 0.25) is 11.8 Å². The van der Waals surface area contributed by atoms with Crippen molar-refractivity contribution >= 4 is 46.1 Å². The van der Waals surface area contributed by atoms with Crippen molar-refractivity contribution in [1.29, 1.82) is 0 Å². The van der Waals surface area contributed by atoms with E-state index >= 15 is 0 Å². The van der Waals surface area contributed by atoms with Gasteiger partial charge in [0.25, 0.3) is 0 Å². The summed E-state index contributed by atoms with van der Waals surface area (Å²) in [5, 5.41) is 5.36. The molecule has 306 valence electrons. The molecule has 0 unspecified atom stereocenters. The first-order valence-corrected chi connectivity index (χ1v) is 19.5. The first-order valence-electron chi connectivity index (χ1n) is 19.5. The molecule has 4 amide bonds. The molecule has 0 saturated carbocycles. The molecule has 2 aliphatic heterocycles. The zero-order valence-corrected chi connectivity index (χ0v) is 33.5. The van der Waals surface area contributed by atoms with Gasteiger partial charge in [0.05, 0.1) is 62.7 Å². The van der Waals surface area contributed by atoms with Crippen LogP contribution in [-0.2, 0) is 28.5 Å². The fourth-order valence-corrected chi connectivity index (χ4v) is 7.53. The Morgan fingerprint density at radius 3 is 1.38 bits per heavy atom. The molecule has 0 radical (unpaired) electrons. The molecule has 2 aliphatic rings. The van der Waals surface area contributed by atoms with Crippen molar-refractivity contribution in [1.82, 2.24) is 40.4 Å². The van der Waals surface area contributed by atoms with Gasteiger partial charge >= 0.3 is 12.2 Å². The monoisotopic (exact) mass is 794 g/mol. The molecule has 4 N–H and O–H groups in total. The minimum absolute atomic E-state index is 0.157. The Balaban J connectivity index is 1.08. The number of nitrogens with zero attached hydrogens (tertiary/aromatic N) is 4. The second-order valence-corrected chi connectivity index (χ2v) is 15.2. The Kier molecular flexibility index (Phi) is 12.0. The van der Waals surface area contributed by atoms with Gasteiger partial charge in [0, 0.05) is 13.1 Å². The molecule has 0 bridgehead atoms. The number of imidazole rings is 2. The summed E-state index contributed by atoms with van der Waals surface area (Å²) in [7, 11) is 2.55. The van der Waals surface area contributed by atoms with Crippen LogP contribution in [-0.4, -0.2) is 120 Å². The number of nitrogens with one attached hydrogen (secondary N) is 4. The maximum atomic E-state index is 13.7. The normalized spacial score (nSPS) is 18.3. The molecule has 4 heterocycles. The van der Waals surface area contributed by atoms with Gasteiger partial charge in [-0.15, -0.1) is 0 Å². The largest absolute Gasteiger partial charge is 0.453 e. The molecule has 4 atom stereocenters. The van der Waals surface area contributed by atoms with Crippen molar-refractivity contribution in [3.8, 4) is 22.3 Å². The number of H-pyrrole nitrogens is 2. The van der Waals surface area contributed by atoms with E-state index in [2.05, 4.69) is 44.9 Å². The Labute approximate surface area is 336 Å². The van der Waals surface area contributed by atoms with Crippen LogP contribution < -0.4 is 10.6 Å². The predicted octanol–water partition coefficient (Wildman–Crippen LogP) is 5.33. The highest BCUT2D eigenvalue weighted by molar-refractivity contribution is 5.88. The number of aromatic nitrogens is 4. The van der Waals surface area contributed by atoms with Crippen LogP contribution in [0.3, 0.4) is 0 Å². The fraction of sp³-hybridized carbons (Fsp3) is 0.429. The van der Waals surface area contributed by atoms with Crippen LogP contribution in [0, 0.1) is 11.8 Å². The van der Waals surface area contributed by atoms with Gasteiger partial charge in [-0.25, -0.2) is 19.6 Å². The molecule has 16 nitrogen and oxygen atoms in total. The lowest BCUT2D eigenvalue weighted by Crippen LogP contribution is -2.54. The minimum atomic E-state index is -0.757. The van der Waals surface area contributed by atoms with Gasteiger partial charge in [0.1, 0.15) is 35.8 Å². The summed E-state index contributed by atoms with van der Waals surface area (Å²) in [6.45, 7) is 9.56. The lowest BCUT2D eigenvalue weighted by atomic mass is 10.00. The highest BCUT2D eigenvalue weighted by Gasteiger charge is 2.38. The topological polar surface area (TPSA) is 193 Å². The quantitative estimate of drug-likeness (QED) is 0.144. The van der Waals surface area contributed by atoms with E-state index in [1.54, 1.807) is 9.80 Å². The molecule has 16 heteroatoms. The van der Waals surface area contributed by atoms with Crippen molar-refractivity contribution in [3.63, 3.8) is 0 Å². The zero-order chi connectivity index (χ0) is 41.1. The van der Waals surface area contributed by atoms with Crippen molar-refractivity contribution < 1.29 is 38.1 Å². The number of fused-ring (bicyclic) bond motifs is 2. The molecule has 58 heavy (non-hydrogen) atoms. The van der Waals surface area contributed by atoms with Gasteiger partial charge in [-0.2, -0.15) is 0 Å². The summed E-state index contributed by atoms with van der Waals surface area (Å²) in [6, 6.07) is 17.9. The average Bonchev–Trinajstić information content (AvgIpc) is 3.88. The average molecular weight is 795 g/mol. The van der Waals surface area contributed by atoms with Gasteiger partial charge in [0.15, 0.2) is 0 Å². The second-order valence-electron chi connectivity index (χ2n) is 15.2. The lowest BCUT2D eigenvalue weighted by molar-refractivity contribution is -0.144. The molecule has 2 saturated heterocycles. The highest BCUT2D eigenvalue weighted by atomic mass is 16.5. The second kappa shape index (κ2) is 17.2. The van der Waals surface area contributed by atoms with Crippen molar-refractivity contribution in [2.75, 3.05) is 53.7 Å². The van der Waals surface area contributed by atoms with Gasteiger partial charge in [-0.3, -0.25) is 9.59 Å². The number of ether oxygens (including phenoxy) is 4. The van der Waals surface area contributed by atoms with E-state index in [4.69, 9.17) is 28.9 Å². The summed E-state index contributed by atoms with van der Waals surface area (Å²) in [4.78, 5) is 71.5. The molecular formula is C42H50N8O8. The number of carbonyl (C=O) groups is 4. The first kappa shape index (κ1) is 40.2. The Morgan fingerprint density at radius 2 is 1.02 bits per heavy atom. The van der Waals surface area contributed by atoms with E-state index < -0.39 is 36.4 Å². The molecule has 7 rings (SSSR count). The summed E-state index contributed by atoms with van der Waals surface area (Å²) in [5.74, 6) is 0.473. The number of morpholine rings is 2. The van der Waals surface area contributed by atoms with E-state index in [1.807, 2.05) is 64.1 Å². The van der Waals surface area contributed by atoms with E-state index in [0.29, 0.717) is 38.0 Å². The zero-order valence-electron chi connectivity index (χ0n) is 33.5. The van der Waals surface area contributed by atoms with E-state index in [0.717, 1.165) is 44.3 Å². The molecular weight excluding hydrogens is 745 g/mol. The molecule has 2 aromatic heterocycles. The Morgan fingerprint density at radius 1 is 0.638 bits per heavy atom. The molecule has 2 fully saturated rings. The van der Waals surface area contributed by atoms with Crippen molar-refractivity contribution in [3.05, 3.63) is 72.3 Å². The number of methoxy groups -OCH3 is 2. The van der Waals surface area contributed by atoms with Crippen LogP contribution in [0.15, 0.2) is 60.7 Å². The first-order chi connectivity index (χ1) is 27.9. The summed E-state index contributed by atoms with van der Waals surface area (Å²) >= 11 is 0. The van der Waals surface area contributed by atoms with Crippen LogP contribution in [0.1, 0.15) is 51.4 Å². The van der Waals surface area contributed by atoms with Crippen LogP contribution in [0.4, 0.5) is 9.59 Å². The molecule has 0 spiro atoms. The maximum absolute atomic E-state index is 13.7. The minimum Gasteiger partial charge on any atom is -0.453 e. The Hall–Kier alpha value is -6.00. The Bertz CT molecular complexity index is 2130. The summed E-state index contributed by atoms with van der Waals surface area (Å²) in [5.41, 5.74) is 7.19. The standard InChI is InChI=1S/C42H50N8O8/c1-23(2)35(47-41(53)55-5)39(51)49-15-17-57-21-33(49)37-43-29-13-11-27(19-31(29)45-37)25-7-9-26(10-8-25)28-12-14-30-32(20-28)46-38(44-30)34-22-58-18-16-50(34)40(52)36(24(3)4)48-42(54)56-6/h7-14,19-20,23-24,33-36H,15-18,21-22H2,1-6H3,(H,43,45)(H,44,46)(H,47,53)(H,48,54)/t33-,34-,35-,36-/m0/s1. The van der Waals surface area contributed by atoms with Crippen LogP contribution in [0.2, 0.25) is 0 Å². The summed E-state index contributed by atoms with van der Waals surface area (Å²) < 4.78 is 21.1. The van der Waals surface area contributed by atoms with E-state index in [-0.39, 0.29) is 36.9 Å². The number of hydrogen-bond donors (Lipinski definition) is 4. The van der Waals surface area contributed by atoms with E-state index in [1.165, 1.54) is 14.2 Å². The van der Waals surface area contributed by atoms with Crippen molar-refractivity contribution in [2.45, 2.75) is 51.9 Å². The predicted molar refractivity (Wildman–Crippen MR) is 215 cm³/mol. The smallest absolute Gasteiger partial charge is 0.407 e. The van der Waals surface area contributed by atoms with E-state index in [9.17, 15) is 19.2 Å². The van der Waals surface area contributed by atoms with Gasteiger partial charge in [-0.1, -0.05) is 64.1 Å². The van der Waals surface area contributed by atoms with Crippen LogP contribution in [0.5, 0.6) is 0 Å². The number of carbonyl (C=O) groups excluding carboxylic acids is 4.